The van der Waals surface area contributed by atoms with Gasteiger partial charge in [0.2, 0.25) is 0 Å². The summed E-state index contributed by atoms with van der Waals surface area (Å²) in [5, 5.41) is 13.4. The van der Waals surface area contributed by atoms with Gasteiger partial charge in [-0.2, -0.15) is 0 Å². The van der Waals surface area contributed by atoms with E-state index in [-0.39, 0.29) is 6.61 Å². The molecule has 1 aromatic heterocycles. The molecule has 3 rings (SSSR count). The molecule has 1 heterocycles. The van der Waals surface area contributed by atoms with Gasteiger partial charge in [-0.15, -0.1) is 0 Å². The van der Waals surface area contributed by atoms with Gasteiger partial charge in [-0.05, 0) is 35.4 Å². The summed E-state index contributed by atoms with van der Waals surface area (Å²) >= 11 is 0. The van der Waals surface area contributed by atoms with Crippen LogP contribution in [-0.2, 0) is 13.1 Å². The van der Waals surface area contributed by atoms with Gasteiger partial charge in [-0.25, -0.2) is 0 Å². The Balaban J connectivity index is 1.82. The molecule has 23 heavy (non-hydrogen) atoms. The van der Waals surface area contributed by atoms with Crippen LogP contribution in [0.2, 0.25) is 0 Å². The first-order valence-corrected chi connectivity index (χ1v) is 7.83. The number of ether oxygens (including phenoxy) is 1. The summed E-state index contributed by atoms with van der Waals surface area (Å²) in [6.07, 6.45) is 2.13. The van der Waals surface area contributed by atoms with E-state index in [4.69, 9.17) is 9.84 Å². The fraction of sp³-hybridized carbons (Fsp3) is 0.263. The first-order valence-electron chi connectivity index (χ1n) is 7.83. The molecule has 0 bridgehead atoms. The van der Waals surface area contributed by atoms with Crippen molar-refractivity contribution in [2.24, 2.45) is 0 Å². The molecule has 2 aromatic carbocycles. The zero-order valence-electron chi connectivity index (χ0n) is 13.3. The highest BCUT2D eigenvalue weighted by Gasteiger charge is 2.06. The zero-order chi connectivity index (χ0) is 16.1. The van der Waals surface area contributed by atoms with Crippen LogP contribution in [-0.4, -0.2) is 29.9 Å². The number of aliphatic hydroxyl groups excluding tert-OH is 1. The summed E-state index contributed by atoms with van der Waals surface area (Å²) in [5.41, 5.74) is 3.72. The van der Waals surface area contributed by atoms with Crippen LogP contribution in [0.4, 0.5) is 0 Å². The molecule has 0 atom stereocenters. The fourth-order valence-corrected chi connectivity index (χ4v) is 2.81. The van der Waals surface area contributed by atoms with Crippen LogP contribution in [0.15, 0.2) is 54.7 Å². The minimum absolute atomic E-state index is 0.161. The van der Waals surface area contributed by atoms with Gasteiger partial charge in [0.25, 0.3) is 0 Å². The number of nitrogens with zero attached hydrogens (tertiary/aromatic N) is 1. The van der Waals surface area contributed by atoms with Crippen molar-refractivity contribution in [3.8, 4) is 5.75 Å². The number of rotatable bonds is 7. The first kappa shape index (κ1) is 15.6. The first-order chi connectivity index (χ1) is 11.3. The molecule has 120 valence electrons. The van der Waals surface area contributed by atoms with Gasteiger partial charge in [0.05, 0.1) is 13.7 Å². The second-order valence-corrected chi connectivity index (χ2v) is 5.54. The van der Waals surface area contributed by atoms with Crippen LogP contribution in [0.25, 0.3) is 10.9 Å². The lowest BCUT2D eigenvalue weighted by Crippen LogP contribution is -2.17. The molecular weight excluding hydrogens is 288 g/mol. The minimum atomic E-state index is 0.161. The van der Waals surface area contributed by atoms with E-state index in [1.54, 1.807) is 7.11 Å². The van der Waals surface area contributed by atoms with E-state index >= 15 is 0 Å². The molecule has 0 aliphatic rings. The van der Waals surface area contributed by atoms with Crippen molar-refractivity contribution in [1.82, 2.24) is 9.88 Å². The summed E-state index contributed by atoms with van der Waals surface area (Å²) in [6, 6.07) is 16.7. The van der Waals surface area contributed by atoms with Crippen molar-refractivity contribution >= 4 is 10.9 Å². The molecule has 2 N–H and O–H groups in total. The van der Waals surface area contributed by atoms with Crippen LogP contribution in [0.3, 0.4) is 0 Å². The third-order valence-corrected chi connectivity index (χ3v) is 4.02. The van der Waals surface area contributed by atoms with Crippen molar-refractivity contribution < 1.29 is 9.84 Å². The average Bonchev–Trinajstić information content (AvgIpc) is 3.00. The second-order valence-electron chi connectivity index (χ2n) is 5.54. The highest BCUT2D eigenvalue weighted by Crippen LogP contribution is 2.22. The summed E-state index contributed by atoms with van der Waals surface area (Å²) < 4.78 is 7.46. The molecule has 0 saturated heterocycles. The third-order valence-electron chi connectivity index (χ3n) is 4.02. The van der Waals surface area contributed by atoms with E-state index in [0.29, 0.717) is 6.54 Å². The van der Waals surface area contributed by atoms with E-state index in [0.717, 1.165) is 18.8 Å². The number of benzene rings is 2. The normalized spacial score (nSPS) is 11.0. The van der Waals surface area contributed by atoms with Crippen molar-refractivity contribution in [2.75, 3.05) is 20.3 Å². The van der Waals surface area contributed by atoms with E-state index in [1.807, 2.05) is 12.1 Å². The maximum atomic E-state index is 8.89. The maximum absolute atomic E-state index is 8.89. The summed E-state index contributed by atoms with van der Waals surface area (Å²) in [4.78, 5) is 0. The molecular formula is C19H22N2O2. The molecule has 0 radical (unpaired) electrons. The lowest BCUT2D eigenvalue weighted by molar-refractivity contribution is 0.292. The van der Waals surface area contributed by atoms with Crippen LogP contribution >= 0.6 is 0 Å². The third kappa shape index (κ3) is 3.55. The highest BCUT2D eigenvalue weighted by molar-refractivity contribution is 5.83. The monoisotopic (exact) mass is 310 g/mol. The molecule has 4 nitrogen and oxygen atoms in total. The van der Waals surface area contributed by atoms with E-state index in [9.17, 15) is 0 Å². The van der Waals surface area contributed by atoms with E-state index in [2.05, 4.69) is 52.5 Å². The zero-order valence-corrected chi connectivity index (χ0v) is 13.3. The summed E-state index contributed by atoms with van der Waals surface area (Å²) in [5.74, 6) is 0.878. The van der Waals surface area contributed by atoms with Crippen molar-refractivity contribution in [2.45, 2.75) is 13.1 Å². The quantitative estimate of drug-likeness (QED) is 0.660. The Morgan fingerprint density at radius 2 is 1.91 bits per heavy atom. The lowest BCUT2D eigenvalue weighted by atomic mass is 10.1. The number of aromatic nitrogens is 1. The Labute approximate surface area is 136 Å². The van der Waals surface area contributed by atoms with Gasteiger partial charge in [0.1, 0.15) is 5.75 Å². The Bertz CT molecular complexity index is 763. The van der Waals surface area contributed by atoms with Gasteiger partial charge in [-0.3, -0.25) is 0 Å². The van der Waals surface area contributed by atoms with Crippen LogP contribution in [0, 0.1) is 0 Å². The fourth-order valence-electron chi connectivity index (χ4n) is 2.81. The number of fused-ring (bicyclic) bond motifs is 1. The molecule has 0 unspecified atom stereocenters. The molecule has 3 aromatic rings. The number of hydrogen-bond donors (Lipinski definition) is 2. The Kier molecular flexibility index (Phi) is 4.95. The van der Waals surface area contributed by atoms with Gasteiger partial charge in [-0.1, -0.05) is 24.3 Å². The average molecular weight is 310 g/mol. The SMILES string of the molecule is COc1ccc(Cn2ccc3c(CNCCO)cccc32)cc1. The van der Waals surface area contributed by atoms with Crippen molar-refractivity contribution in [3.05, 3.63) is 65.9 Å². The van der Waals surface area contributed by atoms with Crippen LogP contribution in [0.1, 0.15) is 11.1 Å². The Morgan fingerprint density at radius 1 is 1.09 bits per heavy atom. The van der Waals surface area contributed by atoms with Gasteiger partial charge >= 0.3 is 0 Å². The van der Waals surface area contributed by atoms with Crippen molar-refractivity contribution in [1.29, 1.82) is 0 Å². The van der Waals surface area contributed by atoms with Gasteiger partial charge < -0.3 is 19.7 Å². The molecule has 0 aliphatic carbocycles. The summed E-state index contributed by atoms with van der Waals surface area (Å²) in [7, 11) is 1.68. The standard InChI is InChI=1S/C19H22N2O2/c1-23-17-7-5-15(6-8-17)14-21-11-9-18-16(13-20-10-12-22)3-2-4-19(18)21/h2-9,11,20,22H,10,12-14H2,1H3. The molecule has 4 heteroatoms. The molecule has 0 saturated carbocycles. The predicted molar refractivity (Wildman–Crippen MR) is 92.8 cm³/mol. The second kappa shape index (κ2) is 7.31. The van der Waals surface area contributed by atoms with Gasteiger partial charge in [0.15, 0.2) is 0 Å². The number of hydrogen-bond acceptors (Lipinski definition) is 3. The number of aliphatic hydroxyl groups is 1. The minimum Gasteiger partial charge on any atom is -0.497 e. The van der Waals surface area contributed by atoms with Crippen LogP contribution in [0.5, 0.6) is 5.75 Å². The molecule has 0 amide bonds. The largest absolute Gasteiger partial charge is 0.497 e. The van der Waals surface area contributed by atoms with Gasteiger partial charge in [0, 0.05) is 36.7 Å². The Hall–Kier alpha value is -2.30. The number of nitrogens with one attached hydrogen (secondary N) is 1. The summed E-state index contributed by atoms with van der Waals surface area (Å²) in [6.45, 7) is 2.38. The maximum Gasteiger partial charge on any atom is 0.118 e. The Morgan fingerprint density at radius 3 is 2.65 bits per heavy atom. The number of methoxy groups -OCH3 is 1. The highest BCUT2D eigenvalue weighted by atomic mass is 16.5. The molecule has 0 fully saturated rings. The van der Waals surface area contributed by atoms with Crippen molar-refractivity contribution in [3.63, 3.8) is 0 Å². The molecule has 0 aliphatic heterocycles. The topological polar surface area (TPSA) is 46.4 Å². The van der Waals surface area contributed by atoms with E-state index in [1.165, 1.54) is 22.0 Å². The smallest absolute Gasteiger partial charge is 0.118 e. The lowest BCUT2D eigenvalue weighted by Gasteiger charge is -2.09. The molecule has 0 spiro atoms. The predicted octanol–water partition coefficient (Wildman–Crippen LogP) is 2.78. The van der Waals surface area contributed by atoms with E-state index < -0.39 is 0 Å². The van der Waals surface area contributed by atoms with Crippen LogP contribution < -0.4 is 10.1 Å².